The van der Waals surface area contributed by atoms with Crippen molar-refractivity contribution in [1.29, 1.82) is 0 Å². The van der Waals surface area contributed by atoms with Gasteiger partial charge in [-0.15, -0.1) is 0 Å². The molecule has 0 amide bonds. The molecule has 5 nitrogen and oxygen atoms in total. The van der Waals surface area contributed by atoms with Crippen LogP contribution in [0.3, 0.4) is 0 Å². The topological polar surface area (TPSA) is 79.3 Å². The number of pyridine rings is 1. The van der Waals surface area contributed by atoms with Crippen LogP contribution in [0.25, 0.3) is 0 Å². The van der Waals surface area contributed by atoms with Crippen LogP contribution in [0.2, 0.25) is 0 Å². The Labute approximate surface area is 123 Å². The van der Waals surface area contributed by atoms with Crippen LogP contribution in [0, 0.1) is 0 Å². The van der Waals surface area contributed by atoms with E-state index in [0.717, 1.165) is 11.1 Å². The normalized spacial score (nSPS) is 16.6. The Morgan fingerprint density at radius 1 is 1.14 bits per heavy atom. The van der Waals surface area contributed by atoms with E-state index in [9.17, 15) is 13.5 Å². The van der Waals surface area contributed by atoms with Crippen molar-refractivity contribution >= 4 is 10.0 Å². The van der Waals surface area contributed by atoms with Crippen LogP contribution in [0.4, 0.5) is 0 Å². The Balaban J connectivity index is 1.72. The zero-order valence-electron chi connectivity index (χ0n) is 11.4. The van der Waals surface area contributed by atoms with Gasteiger partial charge >= 0.3 is 0 Å². The standard InChI is InChI=1S/C15H16N2O3S/c18-15(8-12-4-1-2-5-13(12)9-15)11-17-21(19,20)14-6-3-7-16-10-14/h1-7,10,17-18H,8-9,11H2. The number of fused-ring (bicyclic) bond motifs is 1. The Morgan fingerprint density at radius 2 is 1.81 bits per heavy atom. The average molecular weight is 304 g/mol. The van der Waals surface area contributed by atoms with Gasteiger partial charge in [-0.05, 0) is 23.3 Å². The molecule has 0 fully saturated rings. The molecule has 1 aliphatic rings. The molecule has 1 aromatic heterocycles. The van der Waals surface area contributed by atoms with E-state index in [2.05, 4.69) is 9.71 Å². The number of aliphatic hydroxyl groups is 1. The molecule has 1 aliphatic carbocycles. The maximum atomic E-state index is 12.1. The van der Waals surface area contributed by atoms with Crippen LogP contribution >= 0.6 is 0 Å². The maximum absolute atomic E-state index is 12.1. The number of nitrogens with zero attached hydrogens (tertiary/aromatic N) is 1. The summed E-state index contributed by atoms with van der Waals surface area (Å²) in [5, 5.41) is 10.6. The number of aromatic nitrogens is 1. The predicted octanol–water partition coefficient (Wildman–Crippen LogP) is 0.890. The van der Waals surface area contributed by atoms with Crippen LogP contribution in [-0.2, 0) is 22.9 Å². The SMILES string of the molecule is O=S(=O)(NCC1(O)Cc2ccccc2C1)c1cccnc1. The minimum atomic E-state index is -3.65. The third kappa shape index (κ3) is 2.97. The lowest BCUT2D eigenvalue weighted by Gasteiger charge is -2.22. The lowest BCUT2D eigenvalue weighted by molar-refractivity contribution is 0.0567. The number of sulfonamides is 1. The smallest absolute Gasteiger partial charge is 0.242 e. The van der Waals surface area contributed by atoms with Crippen molar-refractivity contribution in [2.45, 2.75) is 23.3 Å². The molecule has 0 spiro atoms. The van der Waals surface area contributed by atoms with Gasteiger partial charge in [-0.3, -0.25) is 4.98 Å². The second-order valence-electron chi connectivity index (χ2n) is 5.36. The van der Waals surface area contributed by atoms with Crippen LogP contribution in [0.5, 0.6) is 0 Å². The van der Waals surface area contributed by atoms with E-state index in [0.29, 0.717) is 12.8 Å². The fourth-order valence-electron chi connectivity index (χ4n) is 2.62. The van der Waals surface area contributed by atoms with Crippen LogP contribution in [-0.4, -0.2) is 30.7 Å². The summed E-state index contributed by atoms with van der Waals surface area (Å²) in [6, 6.07) is 10.8. The second-order valence-corrected chi connectivity index (χ2v) is 7.13. The van der Waals surface area contributed by atoms with Gasteiger partial charge in [0, 0.05) is 31.8 Å². The Bertz CT molecular complexity index is 720. The molecule has 0 aliphatic heterocycles. The van der Waals surface area contributed by atoms with E-state index in [4.69, 9.17) is 0 Å². The molecule has 0 saturated carbocycles. The van der Waals surface area contributed by atoms with Gasteiger partial charge < -0.3 is 5.11 Å². The third-order valence-electron chi connectivity index (χ3n) is 3.69. The monoisotopic (exact) mass is 304 g/mol. The highest BCUT2D eigenvalue weighted by atomic mass is 32.2. The number of benzene rings is 1. The van der Waals surface area contributed by atoms with E-state index < -0.39 is 15.6 Å². The van der Waals surface area contributed by atoms with Crippen molar-refractivity contribution in [3.05, 3.63) is 59.9 Å². The van der Waals surface area contributed by atoms with Gasteiger partial charge in [0.1, 0.15) is 4.90 Å². The lowest BCUT2D eigenvalue weighted by Crippen LogP contribution is -2.43. The fraction of sp³-hybridized carbons (Fsp3) is 0.267. The number of hydrogen-bond acceptors (Lipinski definition) is 4. The summed E-state index contributed by atoms with van der Waals surface area (Å²) in [4.78, 5) is 3.90. The van der Waals surface area contributed by atoms with E-state index in [-0.39, 0.29) is 11.4 Å². The Morgan fingerprint density at radius 3 is 2.38 bits per heavy atom. The molecule has 1 aromatic carbocycles. The quantitative estimate of drug-likeness (QED) is 0.879. The minimum Gasteiger partial charge on any atom is -0.388 e. The van der Waals surface area contributed by atoms with Crippen LogP contribution in [0.15, 0.2) is 53.7 Å². The largest absolute Gasteiger partial charge is 0.388 e. The molecule has 6 heteroatoms. The summed E-state index contributed by atoms with van der Waals surface area (Å²) < 4.78 is 26.8. The van der Waals surface area contributed by atoms with E-state index in [1.807, 2.05) is 24.3 Å². The lowest BCUT2D eigenvalue weighted by atomic mass is 10.0. The molecular weight excluding hydrogens is 288 g/mol. The summed E-state index contributed by atoms with van der Waals surface area (Å²) in [5.74, 6) is 0. The predicted molar refractivity (Wildman–Crippen MR) is 78.2 cm³/mol. The molecule has 2 aromatic rings. The molecule has 0 radical (unpaired) electrons. The highest BCUT2D eigenvalue weighted by molar-refractivity contribution is 7.89. The molecular formula is C15H16N2O3S. The van der Waals surface area contributed by atoms with Crippen LogP contribution in [0.1, 0.15) is 11.1 Å². The molecule has 110 valence electrons. The highest BCUT2D eigenvalue weighted by Crippen LogP contribution is 2.29. The Hall–Kier alpha value is -1.76. The molecule has 0 bridgehead atoms. The summed E-state index contributed by atoms with van der Waals surface area (Å²) >= 11 is 0. The summed E-state index contributed by atoms with van der Waals surface area (Å²) in [7, 11) is -3.65. The molecule has 0 unspecified atom stereocenters. The van der Waals surface area contributed by atoms with Gasteiger partial charge in [0.25, 0.3) is 0 Å². The second kappa shape index (κ2) is 5.22. The summed E-state index contributed by atoms with van der Waals surface area (Å²) in [6.45, 7) is -0.0150. The fourth-order valence-corrected chi connectivity index (χ4v) is 3.70. The Kier molecular flexibility index (Phi) is 3.52. The molecule has 1 heterocycles. The van der Waals surface area contributed by atoms with E-state index in [1.54, 1.807) is 6.07 Å². The van der Waals surface area contributed by atoms with Gasteiger partial charge in [-0.2, -0.15) is 0 Å². The van der Waals surface area contributed by atoms with E-state index >= 15 is 0 Å². The number of nitrogens with one attached hydrogen (secondary N) is 1. The van der Waals surface area contributed by atoms with Gasteiger partial charge in [0.2, 0.25) is 10.0 Å². The maximum Gasteiger partial charge on any atom is 0.242 e. The first-order valence-electron chi connectivity index (χ1n) is 6.67. The van der Waals surface area contributed by atoms with Crippen molar-refractivity contribution < 1.29 is 13.5 Å². The molecule has 21 heavy (non-hydrogen) atoms. The van der Waals surface area contributed by atoms with Crippen molar-refractivity contribution in [2.75, 3.05) is 6.54 Å². The zero-order chi connectivity index (χ0) is 14.9. The van der Waals surface area contributed by atoms with Gasteiger partial charge in [0.05, 0.1) is 5.60 Å². The van der Waals surface area contributed by atoms with Gasteiger partial charge in [-0.25, -0.2) is 13.1 Å². The first kappa shape index (κ1) is 14.2. The van der Waals surface area contributed by atoms with Gasteiger partial charge in [-0.1, -0.05) is 24.3 Å². The van der Waals surface area contributed by atoms with Gasteiger partial charge in [0.15, 0.2) is 0 Å². The zero-order valence-corrected chi connectivity index (χ0v) is 12.2. The highest BCUT2D eigenvalue weighted by Gasteiger charge is 2.36. The first-order chi connectivity index (χ1) is 9.99. The van der Waals surface area contributed by atoms with Crippen molar-refractivity contribution in [1.82, 2.24) is 9.71 Å². The van der Waals surface area contributed by atoms with Crippen molar-refractivity contribution in [2.24, 2.45) is 0 Å². The molecule has 3 rings (SSSR count). The van der Waals surface area contributed by atoms with Crippen molar-refractivity contribution in [3.8, 4) is 0 Å². The molecule has 0 atom stereocenters. The third-order valence-corrected chi connectivity index (χ3v) is 5.08. The molecule has 2 N–H and O–H groups in total. The van der Waals surface area contributed by atoms with E-state index in [1.165, 1.54) is 18.5 Å². The summed E-state index contributed by atoms with van der Waals surface area (Å²) in [6.07, 6.45) is 3.72. The number of rotatable bonds is 4. The first-order valence-corrected chi connectivity index (χ1v) is 8.16. The average Bonchev–Trinajstić information content (AvgIpc) is 2.83. The van der Waals surface area contributed by atoms with Crippen LogP contribution < -0.4 is 4.72 Å². The molecule has 0 saturated heterocycles. The van der Waals surface area contributed by atoms with Crippen molar-refractivity contribution in [3.63, 3.8) is 0 Å². The minimum absolute atomic E-state index is 0.0150. The number of hydrogen-bond donors (Lipinski definition) is 2. The summed E-state index contributed by atoms with van der Waals surface area (Å²) in [5.41, 5.74) is 1.07.